The zero-order chi connectivity index (χ0) is 18.8. The zero-order valence-corrected chi connectivity index (χ0v) is 16.9. The van der Waals surface area contributed by atoms with Crippen LogP contribution in [-0.4, -0.2) is 49.9 Å². The van der Waals surface area contributed by atoms with Gasteiger partial charge in [-0.2, -0.15) is 4.68 Å². The summed E-state index contributed by atoms with van der Waals surface area (Å²) in [6, 6.07) is 6.24. The maximum Gasteiger partial charge on any atom is 0.233 e. The van der Waals surface area contributed by atoms with E-state index < -0.39 is 0 Å². The number of amides is 1. The third-order valence-electron chi connectivity index (χ3n) is 5.86. The summed E-state index contributed by atoms with van der Waals surface area (Å²) in [5.41, 5.74) is 3.28. The lowest BCUT2D eigenvalue weighted by atomic mass is 9.75. The molecule has 2 heterocycles. The minimum atomic E-state index is 0.207. The van der Waals surface area contributed by atoms with Crippen LogP contribution in [0.1, 0.15) is 43.2 Å². The van der Waals surface area contributed by atoms with Gasteiger partial charge < -0.3 is 4.90 Å². The molecule has 0 bridgehead atoms. The van der Waals surface area contributed by atoms with Gasteiger partial charge in [-0.15, -0.1) is 5.10 Å². The number of nitrogens with zero attached hydrogens (tertiary/aromatic N) is 5. The van der Waals surface area contributed by atoms with Crippen molar-refractivity contribution < 1.29 is 4.79 Å². The van der Waals surface area contributed by atoms with Crippen LogP contribution in [0.15, 0.2) is 23.4 Å². The van der Waals surface area contributed by atoms with E-state index in [1.165, 1.54) is 55.0 Å². The van der Waals surface area contributed by atoms with Gasteiger partial charge in [0.15, 0.2) is 0 Å². The number of carbonyl (C=O) groups is 1. The maximum absolute atomic E-state index is 12.8. The molecule has 1 aromatic carbocycles. The van der Waals surface area contributed by atoms with Crippen LogP contribution in [0.4, 0.5) is 0 Å². The highest BCUT2D eigenvalue weighted by molar-refractivity contribution is 7.99. The Hall–Kier alpha value is -1.89. The van der Waals surface area contributed by atoms with Gasteiger partial charge in [0.2, 0.25) is 11.1 Å². The number of thioether (sulfide) groups is 1. The first kappa shape index (κ1) is 18.5. The van der Waals surface area contributed by atoms with Crippen molar-refractivity contribution in [1.29, 1.82) is 0 Å². The van der Waals surface area contributed by atoms with Crippen LogP contribution in [0, 0.1) is 25.7 Å². The number of aryl methyl sites for hydroxylation is 2. The van der Waals surface area contributed by atoms with Crippen molar-refractivity contribution in [1.82, 2.24) is 25.1 Å². The molecule has 0 N–H and O–H groups in total. The fourth-order valence-corrected chi connectivity index (χ4v) is 5.34. The Morgan fingerprint density at radius 3 is 2.63 bits per heavy atom. The Morgan fingerprint density at radius 2 is 1.85 bits per heavy atom. The van der Waals surface area contributed by atoms with Crippen molar-refractivity contribution >= 4 is 17.7 Å². The Balaban J connectivity index is 1.39. The van der Waals surface area contributed by atoms with Crippen LogP contribution in [0.2, 0.25) is 0 Å². The number of aromatic nitrogens is 4. The molecule has 1 saturated heterocycles. The summed E-state index contributed by atoms with van der Waals surface area (Å²) >= 11 is 1.43. The first-order chi connectivity index (χ1) is 13.1. The highest BCUT2D eigenvalue weighted by Crippen LogP contribution is 2.36. The van der Waals surface area contributed by atoms with Gasteiger partial charge in [0.05, 0.1) is 11.4 Å². The first-order valence-electron chi connectivity index (χ1n) is 9.88. The van der Waals surface area contributed by atoms with Crippen molar-refractivity contribution in [2.24, 2.45) is 11.8 Å². The quantitative estimate of drug-likeness (QED) is 0.755. The van der Waals surface area contributed by atoms with Crippen LogP contribution in [0.3, 0.4) is 0 Å². The number of benzene rings is 1. The minimum Gasteiger partial charge on any atom is -0.342 e. The molecule has 1 aromatic heterocycles. The highest BCUT2D eigenvalue weighted by atomic mass is 32.2. The molecule has 7 heteroatoms. The molecule has 6 nitrogen and oxygen atoms in total. The number of likely N-dealkylation sites (tertiary alicyclic amines) is 1. The summed E-state index contributed by atoms with van der Waals surface area (Å²) in [6.07, 6.45) is 6.49. The molecule has 2 atom stereocenters. The van der Waals surface area contributed by atoms with Crippen molar-refractivity contribution in [3.63, 3.8) is 0 Å². The second kappa shape index (κ2) is 8.00. The zero-order valence-electron chi connectivity index (χ0n) is 16.1. The molecule has 27 heavy (non-hydrogen) atoms. The summed E-state index contributed by atoms with van der Waals surface area (Å²) in [6.45, 7) is 5.97. The molecule has 1 aliphatic carbocycles. The molecule has 144 valence electrons. The molecule has 1 aliphatic heterocycles. The summed E-state index contributed by atoms with van der Waals surface area (Å²) in [7, 11) is 0. The lowest BCUT2D eigenvalue weighted by molar-refractivity contribution is -0.131. The lowest BCUT2D eigenvalue weighted by Crippen LogP contribution is -2.45. The molecule has 0 radical (unpaired) electrons. The number of hydrogen-bond donors (Lipinski definition) is 0. The molecule has 4 rings (SSSR count). The molecule has 0 spiro atoms. The fourth-order valence-electron chi connectivity index (χ4n) is 4.55. The van der Waals surface area contributed by atoms with Crippen molar-refractivity contribution in [2.75, 3.05) is 18.8 Å². The lowest BCUT2D eigenvalue weighted by Gasteiger charge is -2.41. The number of rotatable bonds is 4. The van der Waals surface area contributed by atoms with Gasteiger partial charge in [0, 0.05) is 13.1 Å². The van der Waals surface area contributed by atoms with E-state index in [9.17, 15) is 4.79 Å². The van der Waals surface area contributed by atoms with Crippen LogP contribution < -0.4 is 0 Å². The summed E-state index contributed by atoms with van der Waals surface area (Å²) < 4.78 is 1.73. The topological polar surface area (TPSA) is 63.9 Å². The van der Waals surface area contributed by atoms with Gasteiger partial charge in [0.1, 0.15) is 0 Å². The summed E-state index contributed by atoms with van der Waals surface area (Å²) in [4.78, 5) is 14.8. The number of fused-ring (bicyclic) bond motifs is 1. The predicted octanol–water partition coefficient (Wildman–Crippen LogP) is 3.41. The second-order valence-corrected chi connectivity index (χ2v) is 8.88. The van der Waals surface area contributed by atoms with E-state index in [2.05, 4.69) is 52.5 Å². The van der Waals surface area contributed by atoms with Gasteiger partial charge in [-0.05, 0) is 72.2 Å². The Bertz CT molecular complexity index is 800. The first-order valence-corrected chi connectivity index (χ1v) is 10.9. The normalized spacial score (nSPS) is 22.5. The average Bonchev–Trinajstić information content (AvgIpc) is 3.13. The Kier molecular flexibility index (Phi) is 5.48. The van der Waals surface area contributed by atoms with E-state index in [1.807, 2.05) is 0 Å². The van der Waals surface area contributed by atoms with Crippen LogP contribution in [0.25, 0.3) is 5.69 Å². The van der Waals surface area contributed by atoms with Gasteiger partial charge in [-0.3, -0.25) is 4.79 Å². The van der Waals surface area contributed by atoms with Gasteiger partial charge >= 0.3 is 0 Å². The fraction of sp³-hybridized carbons (Fsp3) is 0.600. The van der Waals surface area contributed by atoms with E-state index in [0.29, 0.717) is 16.8 Å². The van der Waals surface area contributed by atoms with Crippen LogP contribution in [-0.2, 0) is 4.79 Å². The molecule has 2 fully saturated rings. The Labute approximate surface area is 164 Å². The minimum absolute atomic E-state index is 0.207. The standard InChI is InChI=1S/C20H27N5OS/c1-14-9-15(2)11-18(10-14)25-20(21-22-23-25)27-13-19(26)24-8-7-16-5-3-4-6-17(16)12-24/h9-11,16-17H,3-8,12-13H2,1-2H3/t16-,17-/m1/s1. The van der Waals surface area contributed by atoms with Crippen LogP contribution >= 0.6 is 11.8 Å². The van der Waals surface area contributed by atoms with Gasteiger partial charge in [-0.25, -0.2) is 0 Å². The third kappa shape index (κ3) is 4.18. The molecule has 0 unspecified atom stereocenters. The van der Waals surface area contributed by atoms with E-state index >= 15 is 0 Å². The smallest absolute Gasteiger partial charge is 0.233 e. The molecule has 2 aromatic rings. The van der Waals surface area contributed by atoms with Crippen molar-refractivity contribution in [3.05, 3.63) is 29.3 Å². The van der Waals surface area contributed by atoms with E-state index in [1.54, 1.807) is 4.68 Å². The molecule has 1 saturated carbocycles. The molecular formula is C20H27N5OS. The number of hydrogen-bond acceptors (Lipinski definition) is 5. The number of piperidine rings is 1. The SMILES string of the molecule is Cc1cc(C)cc(-n2nnnc2SCC(=O)N2CC[C@H]3CCCC[C@@H]3C2)c1. The third-order valence-corrected chi connectivity index (χ3v) is 6.76. The highest BCUT2D eigenvalue weighted by Gasteiger charge is 2.32. The average molecular weight is 386 g/mol. The van der Waals surface area contributed by atoms with Gasteiger partial charge in [-0.1, -0.05) is 37.1 Å². The second-order valence-electron chi connectivity index (χ2n) is 7.94. The van der Waals surface area contributed by atoms with E-state index in [4.69, 9.17) is 0 Å². The van der Waals surface area contributed by atoms with Crippen LogP contribution in [0.5, 0.6) is 0 Å². The summed E-state index contributed by atoms with van der Waals surface area (Å²) in [5.74, 6) is 2.15. The van der Waals surface area contributed by atoms with Crippen molar-refractivity contribution in [3.8, 4) is 5.69 Å². The molecular weight excluding hydrogens is 358 g/mol. The number of tetrazole rings is 1. The number of carbonyl (C=O) groups excluding carboxylic acids is 1. The largest absolute Gasteiger partial charge is 0.342 e. The Morgan fingerprint density at radius 1 is 1.11 bits per heavy atom. The van der Waals surface area contributed by atoms with Gasteiger partial charge in [0.25, 0.3) is 0 Å². The van der Waals surface area contributed by atoms with Crippen molar-refractivity contribution in [2.45, 2.75) is 51.1 Å². The van der Waals surface area contributed by atoms with E-state index in [0.717, 1.165) is 24.7 Å². The monoisotopic (exact) mass is 385 g/mol. The van der Waals surface area contributed by atoms with E-state index in [-0.39, 0.29) is 5.91 Å². The summed E-state index contributed by atoms with van der Waals surface area (Å²) in [5, 5.41) is 12.7. The molecule has 1 amide bonds. The molecule has 2 aliphatic rings. The predicted molar refractivity (Wildman–Crippen MR) is 106 cm³/mol. The maximum atomic E-state index is 12.8.